The van der Waals surface area contributed by atoms with Crippen molar-refractivity contribution in [2.45, 2.75) is 245 Å². The van der Waals surface area contributed by atoms with Crippen LogP contribution < -0.4 is 0 Å². The Bertz CT molecular complexity index is 775. The zero-order chi connectivity index (χ0) is 39.0. The highest BCUT2D eigenvalue weighted by molar-refractivity contribution is 5.69. The summed E-state index contributed by atoms with van der Waals surface area (Å²) in [5.41, 5.74) is 0. The van der Waals surface area contributed by atoms with Gasteiger partial charge in [-0.15, -0.1) is 0 Å². The summed E-state index contributed by atoms with van der Waals surface area (Å²) < 4.78 is 11.4. The lowest BCUT2D eigenvalue weighted by Crippen LogP contribution is -2.41. The Kier molecular flexibility index (Phi) is 39.6. The minimum atomic E-state index is -0.208. The molecule has 0 spiro atoms. The Labute approximate surface area is 329 Å². The molecule has 0 aromatic heterocycles. The van der Waals surface area contributed by atoms with Crippen molar-refractivity contribution in [1.29, 1.82) is 0 Å². The Morgan fingerprint density at radius 1 is 0.491 bits per heavy atom. The van der Waals surface area contributed by atoms with E-state index >= 15 is 0 Å². The highest BCUT2D eigenvalue weighted by atomic mass is 16.5. The van der Waals surface area contributed by atoms with Crippen molar-refractivity contribution in [3.05, 3.63) is 0 Å². The molecule has 0 aromatic rings. The first kappa shape index (κ1) is 51.8. The van der Waals surface area contributed by atoms with Crippen molar-refractivity contribution in [2.24, 2.45) is 5.92 Å². The van der Waals surface area contributed by atoms with E-state index in [1.54, 1.807) is 0 Å². The van der Waals surface area contributed by atoms with Gasteiger partial charge in [0.1, 0.15) is 6.10 Å². The standard InChI is InChI=1S/C46H91NO6/c1-5-8-10-12-14-22-30-39-52-45(50)35-24-18-15-20-28-37-47(43(40-48)41-49)38-29-21-16-19-25-36-46(51)53-44(33-23-17-13-11-9-6-2)34-27-26-32-42(4)31-7-3/h42-44,48-49H,5-41H2,1-4H3. The van der Waals surface area contributed by atoms with Crippen LogP contribution >= 0.6 is 0 Å². The molecule has 316 valence electrons. The second-order valence-corrected chi connectivity index (χ2v) is 16.3. The van der Waals surface area contributed by atoms with Crippen molar-refractivity contribution >= 4 is 11.9 Å². The van der Waals surface area contributed by atoms with Gasteiger partial charge in [0.05, 0.1) is 25.9 Å². The predicted molar refractivity (Wildman–Crippen MR) is 224 cm³/mol. The molecule has 2 atom stereocenters. The molecule has 0 bridgehead atoms. The van der Waals surface area contributed by atoms with Gasteiger partial charge in [0.15, 0.2) is 0 Å². The second-order valence-electron chi connectivity index (χ2n) is 16.3. The molecule has 0 fully saturated rings. The molecule has 0 aromatic carbocycles. The van der Waals surface area contributed by atoms with E-state index in [0.717, 1.165) is 122 Å². The van der Waals surface area contributed by atoms with Crippen LogP contribution in [0.25, 0.3) is 0 Å². The van der Waals surface area contributed by atoms with Gasteiger partial charge in [-0.1, -0.05) is 163 Å². The van der Waals surface area contributed by atoms with Crippen LogP contribution in [0.3, 0.4) is 0 Å². The van der Waals surface area contributed by atoms with Gasteiger partial charge < -0.3 is 19.7 Å². The van der Waals surface area contributed by atoms with Gasteiger partial charge in [0.2, 0.25) is 0 Å². The summed E-state index contributed by atoms with van der Waals surface area (Å²) in [5.74, 6) is 0.722. The average molecular weight is 754 g/mol. The summed E-state index contributed by atoms with van der Waals surface area (Å²) in [6, 6.07) is -0.208. The van der Waals surface area contributed by atoms with Crippen molar-refractivity contribution in [3.63, 3.8) is 0 Å². The van der Waals surface area contributed by atoms with E-state index in [9.17, 15) is 19.8 Å². The van der Waals surface area contributed by atoms with E-state index < -0.39 is 0 Å². The van der Waals surface area contributed by atoms with Gasteiger partial charge in [0, 0.05) is 12.8 Å². The number of carbonyl (C=O) groups is 2. The summed E-state index contributed by atoms with van der Waals surface area (Å²) in [6.45, 7) is 11.4. The molecule has 0 saturated heterocycles. The average Bonchev–Trinajstić information content (AvgIpc) is 3.15. The summed E-state index contributed by atoms with van der Waals surface area (Å²) >= 11 is 0. The van der Waals surface area contributed by atoms with Crippen LogP contribution in [-0.2, 0) is 19.1 Å². The SMILES string of the molecule is CCCCCCCCCOC(=O)CCCCCCCN(CCCCCCCC(=O)OC(CCCCCCCC)CCCCC(C)CCC)C(CO)CO. The number of nitrogens with zero attached hydrogens (tertiary/aromatic N) is 1. The van der Waals surface area contributed by atoms with Crippen LogP contribution in [0.1, 0.15) is 233 Å². The van der Waals surface area contributed by atoms with E-state index in [-0.39, 0.29) is 37.3 Å². The monoisotopic (exact) mass is 754 g/mol. The molecular formula is C46H91NO6. The molecule has 0 aliphatic rings. The van der Waals surface area contributed by atoms with E-state index in [0.29, 0.717) is 19.4 Å². The molecule has 2 N–H and O–H groups in total. The summed E-state index contributed by atoms with van der Waals surface area (Å²) in [5, 5.41) is 19.7. The number of hydrogen-bond acceptors (Lipinski definition) is 7. The van der Waals surface area contributed by atoms with E-state index in [1.807, 2.05) is 0 Å². The Morgan fingerprint density at radius 3 is 1.45 bits per heavy atom. The second kappa shape index (κ2) is 40.5. The number of esters is 2. The third kappa shape index (κ3) is 35.0. The van der Waals surface area contributed by atoms with Gasteiger partial charge in [-0.2, -0.15) is 0 Å². The lowest BCUT2D eigenvalue weighted by molar-refractivity contribution is -0.150. The molecule has 0 radical (unpaired) electrons. The lowest BCUT2D eigenvalue weighted by Gasteiger charge is -2.29. The Morgan fingerprint density at radius 2 is 0.925 bits per heavy atom. The molecule has 0 aliphatic carbocycles. The van der Waals surface area contributed by atoms with Gasteiger partial charge >= 0.3 is 11.9 Å². The number of carbonyl (C=O) groups excluding carboxylic acids is 2. The third-order valence-corrected chi connectivity index (χ3v) is 11.0. The smallest absolute Gasteiger partial charge is 0.306 e. The largest absolute Gasteiger partial charge is 0.466 e. The lowest BCUT2D eigenvalue weighted by atomic mass is 9.97. The van der Waals surface area contributed by atoms with E-state index in [1.165, 1.54) is 89.9 Å². The highest BCUT2D eigenvalue weighted by Crippen LogP contribution is 2.20. The maximum absolute atomic E-state index is 12.8. The van der Waals surface area contributed by atoms with Crippen molar-refractivity contribution in [2.75, 3.05) is 32.9 Å². The van der Waals surface area contributed by atoms with Gasteiger partial charge in [0.25, 0.3) is 0 Å². The zero-order valence-corrected chi connectivity index (χ0v) is 35.9. The molecule has 2 unspecified atom stereocenters. The minimum Gasteiger partial charge on any atom is -0.466 e. The van der Waals surface area contributed by atoms with Gasteiger partial charge in [-0.25, -0.2) is 0 Å². The van der Waals surface area contributed by atoms with Crippen LogP contribution in [0.4, 0.5) is 0 Å². The van der Waals surface area contributed by atoms with Crippen LogP contribution in [0.5, 0.6) is 0 Å². The van der Waals surface area contributed by atoms with E-state index in [2.05, 4.69) is 32.6 Å². The summed E-state index contributed by atoms with van der Waals surface area (Å²) in [4.78, 5) is 27.0. The molecule has 0 saturated carbocycles. The fourth-order valence-electron chi connectivity index (χ4n) is 7.47. The highest BCUT2D eigenvalue weighted by Gasteiger charge is 2.17. The third-order valence-electron chi connectivity index (χ3n) is 11.0. The molecule has 0 rings (SSSR count). The predicted octanol–water partition coefficient (Wildman–Crippen LogP) is 12.3. The number of unbranched alkanes of at least 4 members (excludes halogenated alkanes) is 20. The number of aliphatic hydroxyl groups is 2. The fraction of sp³-hybridized carbons (Fsp3) is 0.957. The molecule has 0 amide bonds. The van der Waals surface area contributed by atoms with Crippen LogP contribution in [0.2, 0.25) is 0 Å². The fourth-order valence-corrected chi connectivity index (χ4v) is 7.47. The number of aliphatic hydroxyl groups excluding tert-OH is 2. The quantitative estimate of drug-likeness (QED) is 0.0473. The Hall–Kier alpha value is -1.18. The molecule has 7 nitrogen and oxygen atoms in total. The number of ether oxygens (including phenoxy) is 2. The first-order valence-electron chi connectivity index (χ1n) is 23.2. The van der Waals surface area contributed by atoms with Crippen LogP contribution in [-0.4, -0.2) is 72.1 Å². The first-order chi connectivity index (χ1) is 25.9. The number of rotatable bonds is 42. The minimum absolute atomic E-state index is 0.0148. The number of hydrogen-bond donors (Lipinski definition) is 2. The van der Waals surface area contributed by atoms with Crippen molar-refractivity contribution in [3.8, 4) is 0 Å². The van der Waals surface area contributed by atoms with Gasteiger partial charge in [-0.3, -0.25) is 14.5 Å². The van der Waals surface area contributed by atoms with E-state index in [4.69, 9.17) is 9.47 Å². The van der Waals surface area contributed by atoms with Crippen molar-refractivity contribution in [1.82, 2.24) is 4.90 Å². The van der Waals surface area contributed by atoms with Crippen LogP contribution in [0.15, 0.2) is 0 Å². The molecule has 7 heteroatoms. The zero-order valence-electron chi connectivity index (χ0n) is 35.9. The summed E-state index contributed by atoms with van der Waals surface area (Å²) in [7, 11) is 0. The molecular weight excluding hydrogens is 663 g/mol. The summed E-state index contributed by atoms with van der Waals surface area (Å²) in [6.07, 6.45) is 35.8. The van der Waals surface area contributed by atoms with Crippen molar-refractivity contribution < 1.29 is 29.3 Å². The van der Waals surface area contributed by atoms with Crippen LogP contribution in [0, 0.1) is 5.92 Å². The normalized spacial score (nSPS) is 12.8. The maximum Gasteiger partial charge on any atom is 0.306 e. The first-order valence-corrected chi connectivity index (χ1v) is 23.2. The van der Waals surface area contributed by atoms with Gasteiger partial charge in [-0.05, 0) is 76.8 Å². The molecule has 53 heavy (non-hydrogen) atoms. The molecule has 0 heterocycles. The maximum atomic E-state index is 12.8. The molecule has 0 aliphatic heterocycles. The topological polar surface area (TPSA) is 96.3 Å². The Balaban J connectivity index is 4.19.